The van der Waals surface area contributed by atoms with Gasteiger partial charge in [0.2, 0.25) is 34.8 Å². The fourth-order valence-electron chi connectivity index (χ4n) is 1.54. The van der Waals surface area contributed by atoms with Crippen molar-refractivity contribution in [2.75, 3.05) is 0 Å². The largest absolute Gasteiger partial charge is 0.416 e. The summed E-state index contributed by atoms with van der Waals surface area (Å²) in [5.41, 5.74) is 8.09. The monoisotopic (exact) mass is 329 g/mol. The second kappa shape index (κ2) is 6.32. The smallest absolute Gasteiger partial charge is 0.343 e. The van der Waals surface area contributed by atoms with Crippen molar-refractivity contribution in [3.05, 3.63) is 69.4 Å². The van der Waals surface area contributed by atoms with Crippen molar-refractivity contribution in [3.63, 3.8) is 0 Å². The Bertz CT molecular complexity index is 803. The van der Waals surface area contributed by atoms with Crippen LogP contribution in [0.5, 0.6) is 5.75 Å². The van der Waals surface area contributed by atoms with E-state index in [4.69, 9.17) is 5.53 Å². The number of benzene rings is 2. The second-order valence-electron chi connectivity index (χ2n) is 4.02. The summed E-state index contributed by atoms with van der Waals surface area (Å²) < 4.78 is 69.9. The number of carbonyl (C=O) groups excluding carboxylic acids is 1. The summed E-state index contributed by atoms with van der Waals surface area (Å²) in [7, 11) is 0. The number of hydrogen-bond acceptors (Lipinski definition) is 3. The van der Waals surface area contributed by atoms with Gasteiger partial charge in [0.05, 0.1) is 5.56 Å². The standard InChI is InChI=1S/C13H4F5N3O2/c14-7-8(15)10(17)12(11(18)9(7)16)23-13(22)5-1-3-6(4-2-5)20-21-19/h1-4H. The van der Waals surface area contributed by atoms with Crippen molar-refractivity contribution in [2.24, 2.45) is 5.11 Å². The topological polar surface area (TPSA) is 75.1 Å². The van der Waals surface area contributed by atoms with E-state index < -0.39 is 40.8 Å². The number of hydrogen-bond donors (Lipinski definition) is 0. The lowest BCUT2D eigenvalue weighted by molar-refractivity contribution is 0.0716. The molecule has 0 atom stereocenters. The molecule has 0 aliphatic rings. The molecule has 2 rings (SSSR count). The molecule has 0 saturated heterocycles. The van der Waals surface area contributed by atoms with Gasteiger partial charge in [-0.15, -0.1) is 0 Å². The maximum atomic E-state index is 13.4. The second-order valence-corrected chi connectivity index (χ2v) is 4.02. The number of carbonyl (C=O) groups is 1. The van der Waals surface area contributed by atoms with Gasteiger partial charge in [-0.1, -0.05) is 17.2 Å². The molecule has 0 bridgehead atoms. The molecular weight excluding hydrogens is 325 g/mol. The summed E-state index contributed by atoms with van der Waals surface area (Å²) in [6.45, 7) is 0. The summed E-state index contributed by atoms with van der Waals surface area (Å²) >= 11 is 0. The molecule has 0 spiro atoms. The summed E-state index contributed by atoms with van der Waals surface area (Å²) in [4.78, 5) is 14.2. The van der Waals surface area contributed by atoms with Crippen LogP contribution < -0.4 is 4.74 Å². The molecule has 10 heteroatoms. The van der Waals surface area contributed by atoms with Gasteiger partial charge in [-0.05, 0) is 17.7 Å². The molecule has 0 aromatic heterocycles. The van der Waals surface area contributed by atoms with Crippen LogP contribution in [0.4, 0.5) is 27.6 Å². The van der Waals surface area contributed by atoms with Gasteiger partial charge < -0.3 is 4.74 Å². The van der Waals surface area contributed by atoms with E-state index in [0.717, 1.165) is 12.1 Å². The molecular formula is C13H4F5N3O2. The molecule has 0 aliphatic carbocycles. The zero-order valence-corrected chi connectivity index (χ0v) is 10.9. The molecule has 118 valence electrons. The molecule has 0 amide bonds. The fraction of sp³-hybridized carbons (Fsp3) is 0. The Morgan fingerprint density at radius 2 is 1.39 bits per heavy atom. The van der Waals surface area contributed by atoms with Crippen molar-refractivity contribution < 1.29 is 31.5 Å². The van der Waals surface area contributed by atoms with E-state index in [1.54, 1.807) is 0 Å². The third-order valence-electron chi connectivity index (χ3n) is 2.63. The summed E-state index contributed by atoms with van der Waals surface area (Å²) in [6, 6.07) is 4.54. The van der Waals surface area contributed by atoms with Crippen LogP contribution in [-0.2, 0) is 0 Å². The van der Waals surface area contributed by atoms with Crippen molar-refractivity contribution in [1.82, 2.24) is 0 Å². The van der Waals surface area contributed by atoms with Crippen LogP contribution in [0.15, 0.2) is 29.4 Å². The first-order valence-electron chi connectivity index (χ1n) is 5.75. The number of azide groups is 1. The molecule has 0 N–H and O–H groups in total. The van der Waals surface area contributed by atoms with Crippen LogP contribution in [0.1, 0.15) is 10.4 Å². The summed E-state index contributed by atoms with van der Waals surface area (Å²) in [6.07, 6.45) is 0. The molecule has 5 nitrogen and oxygen atoms in total. The number of nitrogens with zero attached hydrogens (tertiary/aromatic N) is 3. The highest BCUT2D eigenvalue weighted by Gasteiger charge is 2.28. The first kappa shape index (κ1) is 16.2. The Morgan fingerprint density at radius 1 is 0.913 bits per heavy atom. The Balaban J connectivity index is 2.35. The van der Waals surface area contributed by atoms with Crippen molar-refractivity contribution in [2.45, 2.75) is 0 Å². The molecule has 0 heterocycles. The zero-order chi connectivity index (χ0) is 17.1. The van der Waals surface area contributed by atoms with Crippen LogP contribution in [0.25, 0.3) is 10.4 Å². The lowest BCUT2D eigenvalue weighted by atomic mass is 10.2. The molecule has 0 unspecified atom stereocenters. The minimum Gasteiger partial charge on any atom is -0.416 e. The van der Waals surface area contributed by atoms with E-state index in [1.165, 1.54) is 12.1 Å². The quantitative estimate of drug-likeness (QED) is 0.121. The Labute approximate surface area is 124 Å². The average Bonchev–Trinajstić information content (AvgIpc) is 2.56. The van der Waals surface area contributed by atoms with Crippen molar-refractivity contribution >= 4 is 11.7 Å². The van der Waals surface area contributed by atoms with Crippen molar-refractivity contribution in [1.29, 1.82) is 0 Å². The van der Waals surface area contributed by atoms with E-state index in [2.05, 4.69) is 14.8 Å². The first-order valence-corrected chi connectivity index (χ1v) is 5.75. The first-order chi connectivity index (χ1) is 10.9. The normalized spacial score (nSPS) is 10.1. The molecule has 2 aromatic rings. The van der Waals surface area contributed by atoms with Gasteiger partial charge in [-0.25, -0.2) is 18.0 Å². The molecule has 2 aromatic carbocycles. The highest BCUT2D eigenvalue weighted by Crippen LogP contribution is 2.29. The van der Waals surface area contributed by atoms with Crippen molar-refractivity contribution in [3.8, 4) is 5.75 Å². The van der Waals surface area contributed by atoms with Gasteiger partial charge in [-0.2, -0.15) is 8.78 Å². The lowest BCUT2D eigenvalue weighted by Gasteiger charge is -2.08. The van der Waals surface area contributed by atoms with Crippen LogP contribution in [0.3, 0.4) is 0 Å². The number of ether oxygens (including phenoxy) is 1. The van der Waals surface area contributed by atoms with Gasteiger partial charge in [-0.3, -0.25) is 0 Å². The third kappa shape index (κ3) is 3.06. The van der Waals surface area contributed by atoms with Gasteiger partial charge in [0, 0.05) is 10.6 Å². The van der Waals surface area contributed by atoms with E-state index in [9.17, 15) is 26.7 Å². The minimum absolute atomic E-state index is 0.139. The highest BCUT2D eigenvalue weighted by atomic mass is 19.2. The number of rotatable bonds is 3. The Hall–Kier alpha value is -3.13. The highest BCUT2D eigenvalue weighted by molar-refractivity contribution is 5.91. The van der Waals surface area contributed by atoms with Crippen LogP contribution >= 0.6 is 0 Å². The SMILES string of the molecule is [N-]=[N+]=Nc1ccc(C(=O)Oc2c(F)c(F)c(F)c(F)c2F)cc1. The Morgan fingerprint density at radius 3 is 1.87 bits per heavy atom. The minimum atomic E-state index is -2.36. The van der Waals surface area contributed by atoms with Crippen LogP contribution in [0.2, 0.25) is 0 Å². The predicted octanol–water partition coefficient (Wildman–Crippen LogP) is 4.54. The zero-order valence-electron chi connectivity index (χ0n) is 10.9. The summed E-state index contributed by atoms with van der Waals surface area (Å²) in [5.74, 6) is -14.4. The Kier molecular flexibility index (Phi) is 4.47. The van der Waals surface area contributed by atoms with Gasteiger partial charge in [0.25, 0.3) is 0 Å². The van der Waals surface area contributed by atoms with Gasteiger partial charge in [0.15, 0.2) is 0 Å². The number of esters is 1. The molecule has 0 fully saturated rings. The fourth-order valence-corrected chi connectivity index (χ4v) is 1.54. The molecule has 0 saturated carbocycles. The number of halogens is 5. The average molecular weight is 329 g/mol. The maximum absolute atomic E-state index is 13.4. The predicted molar refractivity (Wildman–Crippen MR) is 66.4 cm³/mol. The van der Waals surface area contributed by atoms with Crippen LogP contribution in [-0.4, -0.2) is 5.97 Å². The maximum Gasteiger partial charge on any atom is 0.343 e. The molecule has 0 aliphatic heterocycles. The van der Waals surface area contributed by atoms with E-state index >= 15 is 0 Å². The van der Waals surface area contributed by atoms with E-state index in [-0.39, 0.29) is 11.3 Å². The molecule has 0 radical (unpaired) electrons. The molecule has 23 heavy (non-hydrogen) atoms. The van der Waals surface area contributed by atoms with Gasteiger partial charge >= 0.3 is 5.97 Å². The lowest BCUT2D eigenvalue weighted by Crippen LogP contribution is -2.13. The van der Waals surface area contributed by atoms with E-state index in [0.29, 0.717) is 0 Å². The summed E-state index contributed by atoms with van der Waals surface area (Å²) in [5, 5.41) is 3.22. The van der Waals surface area contributed by atoms with Gasteiger partial charge in [0.1, 0.15) is 0 Å². The van der Waals surface area contributed by atoms with E-state index in [1.807, 2.05) is 0 Å². The van der Waals surface area contributed by atoms with Crippen LogP contribution in [0, 0.1) is 29.1 Å². The third-order valence-corrected chi connectivity index (χ3v) is 2.63.